The Morgan fingerprint density at radius 1 is 1.21 bits per heavy atom. The molecule has 4 heteroatoms. The van der Waals surface area contributed by atoms with Gasteiger partial charge in [0.15, 0.2) is 5.76 Å². The summed E-state index contributed by atoms with van der Waals surface area (Å²) in [6, 6.07) is 12.7. The summed E-state index contributed by atoms with van der Waals surface area (Å²) in [6.07, 6.45) is 1.57. The molecule has 4 nitrogen and oxygen atoms in total. The Labute approximate surface area is 109 Å². The number of hydrogen-bond donors (Lipinski definition) is 0. The van der Waals surface area contributed by atoms with Gasteiger partial charge in [-0.15, -0.1) is 0 Å². The van der Waals surface area contributed by atoms with Crippen LogP contribution in [0, 0.1) is 0 Å². The summed E-state index contributed by atoms with van der Waals surface area (Å²) in [6.45, 7) is 0. The molecule has 19 heavy (non-hydrogen) atoms. The van der Waals surface area contributed by atoms with Gasteiger partial charge in [0, 0.05) is 5.39 Å². The molecule has 0 N–H and O–H groups in total. The fourth-order valence-corrected chi connectivity index (χ4v) is 2.00. The second-order valence-corrected chi connectivity index (χ2v) is 4.04. The van der Waals surface area contributed by atoms with Gasteiger partial charge in [0.1, 0.15) is 5.69 Å². The number of nitrogens with zero attached hydrogens (tertiary/aromatic N) is 1. The van der Waals surface area contributed by atoms with Crippen LogP contribution >= 0.6 is 0 Å². The summed E-state index contributed by atoms with van der Waals surface area (Å²) in [5, 5.41) is 0.768. The van der Waals surface area contributed by atoms with Gasteiger partial charge in [-0.25, -0.2) is 9.78 Å². The highest BCUT2D eigenvalue weighted by Crippen LogP contribution is 2.25. The molecule has 0 bridgehead atoms. The number of para-hydroxylation sites is 1. The second-order valence-electron chi connectivity index (χ2n) is 4.04. The quantitative estimate of drug-likeness (QED) is 0.658. The standard InChI is InChI=1S/C15H11NO3/c1-18-15(17)11-9-13(14-7-4-8-19-14)16-12-6-3-2-5-10(11)12/h2-9H,1H3. The summed E-state index contributed by atoms with van der Waals surface area (Å²) >= 11 is 0. The molecule has 0 fully saturated rings. The summed E-state index contributed by atoms with van der Waals surface area (Å²) in [5.74, 6) is 0.238. The van der Waals surface area contributed by atoms with Crippen molar-refractivity contribution >= 4 is 16.9 Å². The van der Waals surface area contributed by atoms with Crippen molar-refractivity contribution in [2.24, 2.45) is 0 Å². The maximum atomic E-state index is 11.9. The molecule has 1 aromatic carbocycles. The van der Waals surface area contributed by atoms with E-state index in [0.717, 1.165) is 10.9 Å². The number of fused-ring (bicyclic) bond motifs is 1. The molecule has 2 heterocycles. The Morgan fingerprint density at radius 2 is 2.05 bits per heavy atom. The minimum atomic E-state index is -0.383. The summed E-state index contributed by atoms with van der Waals surface area (Å²) in [4.78, 5) is 16.4. The topological polar surface area (TPSA) is 52.3 Å². The number of ether oxygens (including phenoxy) is 1. The van der Waals surface area contributed by atoms with Crippen molar-refractivity contribution in [3.05, 3.63) is 54.3 Å². The highest BCUT2D eigenvalue weighted by atomic mass is 16.5. The largest absolute Gasteiger partial charge is 0.465 e. The second kappa shape index (κ2) is 4.57. The zero-order valence-electron chi connectivity index (χ0n) is 10.3. The van der Waals surface area contributed by atoms with Crippen LogP contribution in [0.2, 0.25) is 0 Å². The SMILES string of the molecule is COC(=O)c1cc(-c2ccco2)nc2ccccc12. The normalized spacial score (nSPS) is 10.6. The van der Waals surface area contributed by atoms with E-state index in [2.05, 4.69) is 4.98 Å². The Kier molecular flexibility index (Phi) is 2.76. The van der Waals surface area contributed by atoms with Crippen LogP contribution in [0.4, 0.5) is 0 Å². The maximum absolute atomic E-state index is 11.9. The molecule has 0 saturated heterocycles. The van der Waals surface area contributed by atoms with Gasteiger partial charge >= 0.3 is 5.97 Å². The zero-order valence-corrected chi connectivity index (χ0v) is 10.3. The third kappa shape index (κ3) is 1.97. The molecular weight excluding hydrogens is 242 g/mol. The lowest BCUT2D eigenvalue weighted by molar-refractivity contribution is 0.0603. The number of carbonyl (C=O) groups excluding carboxylic acids is 1. The van der Waals surface area contributed by atoms with E-state index in [1.165, 1.54) is 7.11 Å². The first-order chi connectivity index (χ1) is 9.29. The van der Waals surface area contributed by atoms with Crippen molar-refractivity contribution in [3.63, 3.8) is 0 Å². The summed E-state index contributed by atoms with van der Waals surface area (Å²) < 4.78 is 10.1. The van der Waals surface area contributed by atoms with Crippen molar-refractivity contribution in [1.29, 1.82) is 0 Å². The van der Waals surface area contributed by atoms with E-state index in [9.17, 15) is 4.79 Å². The van der Waals surface area contributed by atoms with Crippen molar-refractivity contribution in [2.45, 2.75) is 0 Å². The number of pyridine rings is 1. The van der Waals surface area contributed by atoms with Crippen LogP contribution in [-0.4, -0.2) is 18.1 Å². The van der Waals surface area contributed by atoms with Crippen molar-refractivity contribution in [1.82, 2.24) is 4.98 Å². The molecule has 94 valence electrons. The predicted octanol–water partition coefficient (Wildman–Crippen LogP) is 3.28. The number of furan rings is 1. The van der Waals surface area contributed by atoms with E-state index in [0.29, 0.717) is 17.0 Å². The molecule has 0 aliphatic rings. The number of aromatic nitrogens is 1. The first kappa shape index (κ1) is 11.5. The fourth-order valence-electron chi connectivity index (χ4n) is 2.00. The lowest BCUT2D eigenvalue weighted by Gasteiger charge is -2.06. The van der Waals surface area contributed by atoms with Crippen LogP contribution < -0.4 is 0 Å². The van der Waals surface area contributed by atoms with Gasteiger partial charge in [0.2, 0.25) is 0 Å². The molecule has 0 spiro atoms. The molecular formula is C15H11NO3. The van der Waals surface area contributed by atoms with Crippen LogP contribution in [0.25, 0.3) is 22.4 Å². The summed E-state index contributed by atoms with van der Waals surface area (Å²) in [5.41, 5.74) is 1.83. The van der Waals surface area contributed by atoms with E-state index in [1.54, 1.807) is 24.5 Å². The van der Waals surface area contributed by atoms with Gasteiger partial charge in [0.05, 0.1) is 24.5 Å². The molecule has 0 unspecified atom stereocenters. The number of benzene rings is 1. The lowest BCUT2D eigenvalue weighted by atomic mass is 10.1. The first-order valence-corrected chi connectivity index (χ1v) is 5.81. The number of hydrogen-bond acceptors (Lipinski definition) is 4. The van der Waals surface area contributed by atoms with Crippen LogP contribution in [0.15, 0.2) is 53.1 Å². The molecule has 3 aromatic rings. The monoisotopic (exact) mass is 253 g/mol. The van der Waals surface area contributed by atoms with Gasteiger partial charge in [-0.2, -0.15) is 0 Å². The first-order valence-electron chi connectivity index (χ1n) is 5.81. The highest BCUT2D eigenvalue weighted by Gasteiger charge is 2.14. The Balaban J connectivity index is 2.29. The smallest absolute Gasteiger partial charge is 0.338 e. The average molecular weight is 253 g/mol. The molecule has 0 radical (unpaired) electrons. The van der Waals surface area contributed by atoms with E-state index in [4.69, 9.17) is 9.15 Å². The van der Waals surface area contributed by atoms with Crippen molar-refractivity contribution in [3.8, 4) is 11.5 Å². The van der Waals surface area contributed by atoms with Crippen LogP contribution in [0.1, 0.15) is 10.4 Å². The summed E-state index contributed by atoms with van der Waals surface area (Å²) in [7, 11) is 1.37. The van der Waals surface area contributed by atoms with E-state index < -0.39 is 0 Å². The molecule has 0 saturated carbocycles. The third-order valence-corrected chi connectivity index (χ3v) is 2.90. The van der Waals surface area contributed by atoms with Gasteiger partial charge in [0.25, 0.3) is 0 Å². The lowest BCUT2D eigenvalue weighted by Crippen LogP contribution is -2.03. The number of rotatable bonds is 2. The van der Waals surface area contributed by atoms with Crippen LogP contribution in [0.3, 0.4) is 0 Å². The van der Waals surface area contributed by atoms with Crippen molar-refractivity contribution in [2.75, 3.05) is 7.11 Å². The highest BCUT2D eigenvalue weighted by molar-refractivity contribution is 6.04. The number of methoxy groups -OCH3 is 1. The molecule has 0 atom stereocenters. The van der Waals surface area contributed by atoms with Gasteiger partial charge < -0.3 is 9.15 Å². The molecule has 0 aliphatic heterocycles. The fraction of sp³-hybridized carbons (Fsp3) is 0.0667. The van der Waals surface area contributed by atoms with Crippen molar-refractivity contribution < 1.29 is 13.9 Å². The number of carbonyl (C=O) groups is 1. The molecule has 3 rings (SSSR count). The predicted molar refractivity (Wildman–Crippen MR) is 70.8 cm³/mol. The van der Waals surface area contributed by atoms with Crippen LogP contribution in [0.5, 0.6) is 0 Å². The molecule has 2 aromatic heterocycles. The Bertz CT molecular complexity index is 732. The third-order valence-electron chi connectivity index (χ3n) is 2.90. The minimum Gasteiger partial charge on any atom is -0.465 e. The van der Waals surface area contributed by atoms with E-state index >= 15 is 0 Å². The average Bonchev–Trinajstić information content (AvgIpc) is 2.99. The van der Waals surface area contributed by atoms with Gasteiger partial charge in [-0.1, -0.05) is 18.2 Å². The van der Waals surface area contributed by atoms with Crippen LogP contribution in [-0.2, 0) is 4.74 Å². The molecule has 0 aliphatic carbocycles. The van der Waals surface area contributed by atoms with E-state index in [-0.39, 0.29) is 5.97 Å². The Morgan fingerprint density at radius 3 is 2.79 bits per heavy atom. The Hall–Kier alpha value is -2.62. The van der Waals surface area contributed by atoms with Gasteiger partial charge in [-0.05, 0) is 24.3 Å². The van der Waals surface area contributed by atoms with Gasteiger partial charge in [-0.3, -0.25) is 0 Å². The minimum absolute atomic E-state index is 0.383. The number of esters is 1. The van der Waals surface area contributed by atoms with E-state index in [1.807, 2.05) is 24.3 Å². The zero-order chi connectivity index (χ0) is 13.2. The molecule has 0 amide bonds. The maximum Gasteiger partial charge on any atom is 0.338 e.